The minimum Gasteiger partial charge on any atom is -0.310 e. The van der Waals surface area contributed by atoms with Gasteiger partial charge in [-0.25, -0.2) is 0 Å². The van der Waals surface area contributed by atoms with Gasteiger partial charge in [-0.15, -0.1) is 0 Å². The Morgan fingerprint density at radius 1 is 1.29 bits per heavy atom. The van der Waals surface area contributed by atoms with Gasteiger partial charge in [0.2, 0.25) is 0 Å². The van der Waals surface area contributed by atoms with E-state index in [9.17, 15) is 0 Å². The fraction of sp³-hybridized carbons (Fsp3) is 0.500. The summed E-state index contributed by atoms with van der Waals surface area (Å²) >= 11 is 1.91. The van der Waals surface area contributed by atoms with Gasteiger partial charge in [-0.05, 0) is 37.5 Å². The van der Waals surface area contributed by atoms with Gasteiger partial charge in [-0.3, -0.25) is 0 Å². The van der Waals surface area contributed by atoms with Crippen molar-refractivity contribution >= 4 is 11.8 Å². The van der Waals surface area contributed by atoms with Crippen LogP contribution >= 0.6 is 11.8 Å². The number of thioether (sulfide) groups is 1. The molecule has 1 nitrogen and oxygen atoms in total. The smallest absolute Gasteiger partial charge is 0.0291 e. The molecule has 0 aliphatic rings. The maximum atomic E-state index is 3.52. The van der Waals surface area contributed by atoms with Gasteiger partial charge in [0.05, 0.1) is 0 Å². The predicted octanol–water partition coefficient (Wildman–Crippen LogP) is 3.09. The van der Waals surface area contributed by atoms with E-state index >= 15 is 0 Å². The maximum absolute atomic E-state index is 3.52. The quantitative estimate of drug-likeness (QED) is 0.723. The Kier molecular flexibility index (Phi) is 5.72. The van der Waals surface area contributed by atoms with Crippen LogP contribution in [0.5, 0.6) is 0 Å². The molecule has 1 rings (SSSR count). The van der Waals surface area contributed by atoms with Crippen LogP contribution in [0.3, 0.4) is 0 Å². The minimum absolute atomic E-state index is 0.470. The molecule has 1 atom stereocenters. The van der Waals surface area contributed by atoms with Crippen LogP contribution in [-0.4, -0.2) is 18.6 Å². The van der Waals surface area contributed by atoms with Crippen molar-refractivity contribution in [2.45, 2.75) is 19.4 Å². The largest absolute Gasteiger partial charge is 0.310 e. The van der Waals surface area contributed by atoms with Gasteiger partial charge >= 0.3 is 0 Å². The van der Waals surface area contributed by atoms with Crippen molar-refractivity contribution in [1.82, 2.24) is 5.32 Å². The first-order valence-corrected chi connectivity index (χ1v) is 6.51. The van der Waals surface area contributed by atoms with Crippen molar-refractivity contribution in [1.29, 1.82) is 0 Å². The molecule has 1 aromatic rings. The monoisotopic (exact) mass is 209 g/mol. The summed E-state index contributed by atoms with van der Waals surface area (Å²) < 4.78 is 0. The molecule has 0 saturated heterocycles. The first-order valence-electron chi connectivity index (χ1n) is 5.12. The fourth-order valence-corrected chi connectivity index (χ4v) is 1.83. The average molecular weight is 209 g/mol. The van der Waals surface area contributed by atoms with E-state index in [0.29, 0.717) is 6.04 Å². The van der Waals surface area contributed by atoms with E-state index in [1.807, 2.05) is 11.8 Å². The Hall–Kier alpha value is -0.470. The number of rotatable bonds is 6. The van der Waals surface area contributed by atoms with Gasteiger partial charge in [0.1, 0.15) is 0 Å². The lowest BCUT2D eigenvalue weighted by Crippen LogP contribution is -2.20. The van der Waals surface area contributed by atoms with Gasteiger partial charge in [-0.1, -0.05) is 30.3 Å². The summed E-state index contributed by atoms with van der Waals surface area (Å²) in [6.07, 6.45) is 3.40. The molecule has 0 bridgehead atoms. The first-order chi connectivity index (χ1) is 6.84. The highest BCUT2D eigenvalue weighted by molar-refractivity contribution is 7.98. The molecular formula is C12H19NS. The highest BCUT2D eigenvalue weighted by atomic mass is 32.2. The zero-order valence-corrected chi connectivity index (χ0v) is 9.81. The molecule has 0 fully saturated rings. The van der Waals surface area contributed by atoms with Crippen LogP contribution in [0.4, 0.5) is 0 Å². The lowest BCUT2D eigenvalue weighted by Gasteiger charge is -2.13. The third-order valence-electron chi connectivity index (χ3n) is 2.28. The SMILES string of the molecule is CSCCCN[C@H](C)c1ccccc1. The molecule has 1 aromatic carbocycles. The molecule has 1 N–H and O–H groups in total. The van der Waals surface area contributed by atoms with E-state index in [0.717, 1.165) is 6.54 Å². The third kappa shape index (κ3) is 4.16. The van der Waals surface area contributed by atoms with E-state index in [1.54, 1.807) is 0 Å². The van der Waals surface area contributed by atoms with Crippen LogP contribution in [0, 0.1) is 0 Å². The lowest BCUT2D eigenvalue weighted by molar-refractivity contribution is 0.572. The average Bonchev–Trinajstić information content (AvgIpc) is 2.25. The maximum Gasteiger partial charge on any atom is 0.0291 e. The number of nitrogens with one attached hydrogen (secondary N) is 1. The van der Waals surface area contributed by atoms with Gasteiger partial charge in [0.25, 0.3) is 0 Å². The molecule has 0 aromatic heterocycles. The first kappa shape index (κ1) is 11.6. The summed E-state index contributed by atoms with van der Waals surface area (Å²) in [5, 5.41) is 3.52. The molecule has 78 valence electrons. The molecule has 0 amide bonds. The van der Waals surface area contributed by atoms with Crippen molar-refractivity contribution in [3.63, 3.8) is 0 Å². The number of hydrogen-bond donors (Lipinski definition) is 1. The molecule has 2 heteroatoms. The number of benzene rings is 1. The van der Waals surface area contributed by atoms with Gasteiger partial charge in [-0.2, -0.15) is 11.8 Å². The van der Waals surface area contributed by atoms with Crippen LogP contribution in [0.15, 0.2) is 30.3 Å². The highest BCUT2D eigenvalue weighted by Gasteiger charge is 2.01. The van der Waals surface area contributed by atoms with E-state index in [4.69, 9.17) is 0 Å². The van der Waals surface area contributed by atoms with Gasteiger partial charge < -0.3 is 5.32 Å². The van der Waals surface area contributed by atoms with Gasteiger partial charge in [0.15, 0.2) is 0 Å². The predicted molar refractivity (Wildman–Crippen MR) is 65.9 cm³/mol. The van der Waals surface area contributed by atoms with Crippen LogP contribution in [0.25, 0.3) is 0 Å². The second-order valence-corrected chi connectivity index (χ2v) is 4.42. The molecule has 0 aliphatic heterocycles. The van der Waals surface area contributed by atoms with Crippen LogP contribution in [0.1, 0.15) is 24.9 Å². The summed E-state index contributed by atoms with van der Waals surface area (Å²) in [6.45, 7) is 3.32. The molecule has 0 aliphatic carbocycles. The van der Waals surface area contributed by atoms with Crippen molar-refractivity contribution < 1.29 is 0 Å². The molecule has 0 unspecified atom stereocenters. The van der Waals surface area contributed by atoms with Crippen molar-refractivity contribution in [3.8, 4) is 0 Å². The summed E-state index contributed by atoms with van der Waals surface area (Å²) in [6, 6.07) is 11.1. The van der Waals surface area contributed by atoms with Gasteiger partial charge in [0, 0.05) is 6.04 Å². The Balaban J connectivity index is 2.25. The molecule has 0 saturated carbocycles. The molecule has 14 heavy (non-hydrogen) atoms. The third-order valence-corrected chi connectivity index (χ3v) is 2.97. The fourth-order valence-electron chi connectivity index (χ4n) is 1.39. The van der Waals surface area contributed by atoms with E-state index in [1.165, 1.54) is 17.7 Å². The Bertz CT molecular complexity index is 235. The Morgan fingerprint density at radius 3 is 2.64 bits per heavy atom. The minimum atomic E-state index is 0.470. The summed E-state index contributed by atoms with van der Waals surface area (Å²) in [5.74, 6) is 1.24. The normalized spacial score (nSPS) is 12.7. The number of hydrogen-bond acceptors (Lipinski definition) is 2. The zero-order valence-electron chi connectivity index (χ0n) is 8.99. The lowest BCUT2D eigenvalue weighted by atomic mass is 10.1. The van der Waals surface area contributed by atoms with E-state index < -0.39 is 0 Å². The second kappa shape index (κ2) is 6.91. The Labute approximate surface area is 91.3 Å². The van der Waals surface area contributed by atoms with Crippen molar-refractivity contribution in [2.75, 3.05) is 18.6 Å². The molecule has 0 spiro atoms. The zero-order chi connectivity index (χ0) is 10.2. The molecular weight excluding hydrogens is 190 g/mol. The van der Waals surface area contributed by atoms with E-state index in [2.05, 4.69) is 48.8 Å². The van der Waals surface area contributed by atoms with Crippen molar-refractivity contribution in [3.05, 3.63) is 35.9 Å². The standard InChI is InChI=1S/C12H19NS/c1-11(13-9-6-10-14-2)12-7-4-3-5-8-12/h3-5,7-8,11,13H,6,9-10H2,1-2H3/t11-/m1/s1. The second-order valence-electron chi connectivity index (χ2n) is 3.43. The topological polar surface area (TPSA) is 12.0 Å². The molecule has 0 heterocycles. The van der Waals surface area contributed by atoms with E-state index in [-0.39, 0.29) is 0 Å². The van der Waals surface area contributed by atoms with Crippen molar-refractivity contribution in [2.24, 2.45) is 0 Å². The summed E-state index contributed by atoms with van der Waals surface area (Å²) in [4.78, 5) is 0. The van der Waals surface area contributed by atoms with Crippen LogP contribution in [0.2, 0.25) is 0 Å². The highest BCUT2D eigenvalue weighted by Crippen LogP contribution is 2.10. The summed E-state index contributed by atoms with van der Waals surface area (Å²) in [7, 11) is 0. The van der Waals surface area contributed by atoms with Crippen LogP contribution in [-0.2, 0) is 0 Å². The summed E-state index contributed by atoms with van der Waals surface area (Å²) in [5.41, 5.74) is 1.37. The Morgan fingerprint density at radius 2 is 2.00 bits per heavy atom. The van der Waals surface area contributed by atoms with Crippen LogP contribution < -0.4 is 5.32 Å². The molecule has 0 radical (unpaired) electrons.